The van der Waals surface area contributed by atoms with Crippen molar-refractivity contribution in [3.63, 3.8) is 0 Å². The second-order valence-corrected chi connectivity index (χ2v) is 12.3. The predicted molar refractivity (Wildman–Crippen MR) is 145 cm³/mol. The number of piperazine rings is 1. The molecule has 1 saturated carbocycles. The maximum atomic E-state index is 16.4. The van der Waals surface area contributed by atoms with Gasteiger partial charge in [0.2, 0.25) is 0 Å². The summed E-state index contributed by atoms with van der Waals surface area (Å²) in [5.41, 5.74) is 2.24. The molecule has 39 heavy (non-hydrogen) atoms. The van der Waals surface area contributed by atoms with Crippen molar-refractivity contribution in [2.24, 2.45) is 0 Å². The Balaban J connectivity index is 1.21. The highest BCUT2D eigenvalue weighted by Crippen LogP contribution is 2.45. The normalized spacial score (nSPS) is 30.3. The Morgan fingerprint density at radius 2 is 1.87 bits per heavy atom. The van der Waals surface area contributed by atoms with Gasteiger partial charge in [-0.1, -0.05) is 24.3 Å². The largest absolute Gasteiger partial charge is 0.461 e. The molecule has 6 heterocycles. The lowest BCUT2D eigenvalue weighted by Gasteiger charge is -2.34. The molecule has 1 aliphatic carbocycles. The Morgan fingerprint density at radius 3 is 2.69 bits per heavy atom. The van der Waals surface area contributed by atoms with Crippen LogP contribution in [0.4, 0.5) is 14.6 Å². The number of halogens is 2. The zero-order valence-electron chi connectivity index (χ0n) is 22.1. The van der Waals surface area contributed by atoms with Crippen molar-refractivity contribution in [2.75, 3.05) is 37.7 Å². The first kappa shape index (κ1) is 23.9. The van der Waals surface area contributed by atoms with Gasteiger partial charge in [0.15, 0.2) is 5.82 Å². The lowest BCUT2D eigenvalue weighted by atomic mass is 9.95. The van der Waals surface area contributed by atoms with E-state index in [-0.39, 0.29) is 17.1 Å². The van der Waals surface area contributed by atoms with Gasteiger partial charge in [-0.3, -0.25) is 9.88 Å². The van der Waals surface area contributed by atoms with Crippen LogP contribution in [0.2, 0.25) is 0 Å². The average Bonchev–Trinajstić information content (AvgIpc) is 3.54. The number of benzene rings is 1. The average molecular weight is 533 g/mol. The topological polar surface area (TPSA) is 66.4 Å². The van der Waals surface area contributed by atoms with Crippen LogP contribution < -0.4 is 15.0 Å². The van der Waals surface area contributed by atoms with Gasteiger partial charge in [0.1, 0.15) is 29.8 Å². The van der Waals surface area contributed by atoms with Crippen LogP contribution in [0.15, 0.2) is 30.5 Å². The van der Waals surface area contributed by atoms with Gasteiger partial charge in [0, 0.05) is 49.9 Å². The molecular weight excluding hydrogens is 498 g/mol. The van der Waals surface area contributed by atoms with Crippen LogP contribution in [0.25, 0.3) is 22.2 Å². The van der Waals surface area contributed by atoms with Crippen LogP contribution >= 0.6 is 0 Å². The Bertz CT molecular complexity index is 1420. The molecule has 2 unspecified atom stereocenters. The number of fused-ring (bicyclic) bond motifs is 4. The number of nitrogens with one attached hydrogen (secondary N) is 1. The fourth-order valence-corrected chi connectivity index (χ4v) is 7.60. The van der Waals surface area contributed by atoms with Crippen molar-refractivity contribution in [1.82, 2.24) is 25.2 Å². The van der Waals surface area contributed by atoms with Gasteiger partial charge in [-0.25, -0.2) is 8.78 Å². The molecule has 9 heteroatoms. The molecule has 2 aromatic heterocycles. The summed E-state index contributed by atoms with van der Waals surface area (Å²) < 4.78 is 37.0. The number of aromatic nitrogens is 3. The summed E-state index contributed by atoms with van der Waals surface area (Å²) in [5.74, 6) is 0.712. The van der Waals surface area contributed by atoms with Crippen molar-refractivity contribution in [3.05, 3.63) is 41.8 Å². The van der Waals surface area contributed by atoms with Crippen molar-refractivity contribution in [1.29, 1.82) is 0 Å². The van der Waals surface area contributed by atoms with E-state index >= 15 is 4.39 Å². The summed E-state index contributed by atoms with van der Waals surface area (Å²) in [7, 11) is 0. The zero-order chi connectivity index (χ0) is 26.1. The molecular formula is C30H34F2N6O. The number of anilines is 1. The lowest BCUT2D eigenvalue weighted by molar-refractivity contribution is 0.107. The van der Waals surface area contributed by atoms with E-state index in [0.29, 0.717) is 54.5 Å². The lowest BCUT2D eigenvalue weighted by Crippen LogP contribution is -2.51. The molecule has 2 bridgehead atoms. The van der Waals surface area contributed by atoms with Gasteiger partial charge < -0.3 is 15.0 Å². The number of rotatable bonds is 6. The van der Waals surface area contributed by atoms with Gasteiger partial charge in [-0.2, -0.15) is 9.97 Å². The van der Waals surface area contributed by atoms with Crippen LogP contribution in [0.1, 0.15) is 56.4 Å². The number of nitrogens with zero attached hydrogens (tertiary/aromatic N) is 5. The molecule has 0 radical (unpaired) electrons. The van der Waals surface area contributed by atoms with E-state index < -0.39 is 12.0 Å². The molecule has 4 aliphatic heterocycles. The summed E-state index contributed by atoms with van der Waals surface area (Å²) in [4.78, 5) is 18.6. The van der Waals surface area contributed by atoms with Gasteiger partial charge in [-0.05, 0) is 56.6 Å². The molecule has 1 N–H and O–H groups in total. The number of ether oxygens (including phenoxy) is 1. The Labute approximate surface area is 227 Å². The minimum absolute atomic E-state index is 0.165. The second kappa shape index (κ2) is 9.06. The van der Waals surface area contributed by atoms with E-state index in [2.05, 4.69) is 31.2 Å². The summed E-state index contributed by atoms with van der Waals surface area (Å²) in [6, 6.07) is 8.95. The molecule has 7 nitrogen and oxygen atoms in total. The molecule has 4 saturated heterocycles. The number of hydrogen-bond acceptors (Lipinski definition) is 7. The molecule has 0 amide bonds. The van der Waals surface area contributed by atoms with Crippen LogP contribution in [0, 0.1) is 5.82 Å². The summed E-state index contributed by atoms with van der Waals surface area (Å²) in [6.07, 6.45) is 7.81. The van der Waals surface area contributed by atoms with Gasteiger partial charge >= 0.3 is 6.01 Å². The van der Waals surface area contributed by atoms with E-state index in [1.54, 1.807) is 6.20 Å². The SMILES string of the molecule is Fc1c(-c2ccccc2C2CC2)ncc2c(N3CC4CCC(C3)N4)nc(OC[C@@]34CCCN3C[C@H](F)C4)nc12. The number of hydrogen-bond donors (Lipinski definition) is 1. The van der Waals surface area contributed by atoms with Crippen molar-refractivity contribution in [2.45, 2.75) is 74.7 Å². The van der Waals surface area contributed by atoms with E-state index in [1.807, 2.05) is 18.2 Å². The fraction of sp³-hybridized carbons (Fsp3) is 0.567. The molecule has 5 fully saturated rings. The first-order chi connectivity index (χ1) is 19.1. The third-order valence-electron chi connectivity index (χ3n) is 9.62. The maximum Gasteiger partial charge on any atom is 0.319 e. The monoisotopic (exact) mass is 532 g/mol. The van der Waals surface area contributed by atoms with Crippen LogP contribution in [-0.2, 0) is 0 Å². The second-order valence-electron chi connectivity index (χ2n) is 12.3. The minimum atomic E-state index is -0.837. The zero-order valence-corrected chi connectivity index (χ0v) is 22.1. The summed E-state index contributed by atoms with van der Waals surface area (Å²) in [5, 5.41) is 4.27. The highest BCUT2D eigenvalue weighted by Gasteiger charge is 2.49. The van der Waals surface area contributed by atoms with Crippen molar-refractivity contribution < 1.29 is 13.5 Å². The molecule has 204 valence electrons. The van der Waals surface area contributed by atoms with E-state index in [0.717, 1.165) is 69.3 Å². The van der Waals surface area contributed by atoms with E-state index in [4.69, 9.17) is 9.72 Å². The molecule has 8 rings (SSSR count). The number of pyridine rings is 1. The fourth-order valence-electron chi connectivity index (χ4n) is 7.60. The molecule has 0 spiro atoms. The standard InChI is InChI=1S/C30H34F2N6O/c31-19-12-30(10-3-11-38(30)14-19)17-39-29-35-27-24(28(36-29)37-15-20-8-9-21(16-37)34-20)13-33-26(25(27)32)23-5-2-1-4-22(23)18-6-7-18/h1-2,4-5,13,18-21,34H,3,6-12,14-17H2/t19-,20?,21?,30+/m1/s1. The maximum absolute atomic E-state index is 16.4. The Hall–Kier alpha value is -2.91. The molecule has 5 aliphatic rings. The first-order valence-corrected chi connectivity index (χ1v) is 14.5. The minimum Gasteiger partial charge on any atom is -0.461 e. The van der Waals surface area contributed by atoms with Crippen molar-refractivity contribution in [3.8, 4) is 17.3 Å². The smallest absolute Gasteiger partial charge is 0.319 e. The molecule has 4 atom stereocenters. The third-order valence-corrected chi connectivity index (χ3v) is 9.62. The van der Waals surface area contributed by atoms with Gasteiger partial charge in [0.05, 0.1) is 10.9 Å². The van der Waals surface area contributed by atoms with Crippen LogP contribution in [-0.4, -0.2) is 76.4 Å². The van der Waals surface area contributed by atoms with E-state index in [9.17, 15) is 4.39 Å². The highest BCUT2D eigenvalue weighted by molar-refractivity contribution is 5.92. The first-order valence-electron chi connectivity index (χ1n) is 14.5. The van der Waals surface area contributed by atoms with Gasteiger partial charge in [0.25, 0.3) is 0 Å². The van der Waals surface area contributed by atoms with E-state index in [1.165, 1.54) is 0 Å². The molecule has 1 aromatic carbocycles. The summed E-state index contributed by atoms with van der Waals surface area (Å²) in [6.45, 7) is 3.27. The summed E-state index contributed by atoms with van der Waals surface area (Å²) >= 11 is 0. The number of alkyl halides is 1. The van der Waals surface area contributed by atoms with Crippen LogP contribution in [0.3, 0.4) is 0 Å². The Morgan fingerprint density at radius 1 is 1.05 bits per heavy atom. The highest BCUT2D eigenvalue weighted by atomic mass is 19.1. The van der Waals surface area contributed by atoms with Crippen molar-refractivity contribution >= 4 is 16.7 Å². The predicted octanol–water partition coefficient (Wildman–Crippen LogP) is 4.60. The Kier molecular flexibility index (Phi) is 5.56. The van der Waals surface area contributed by atoms with Crippen LogP contribution in [0.5, 0.6) is 6.01 Å². The quantitative estimate of drug-likeness (QED) is 0.498. The molecule has 3 aromatic rings. The third kappa shape index (κ3) is 4.08. The van der Waals surface area contributed by atoms with Gasteiger partial charge in [-0.15, -0.1) is 0 Å².